The molecule has 0 saturated heterocycles. The monoisotopic (exact) mass is 415 g/mol. The molecule has 0 aliphatic carbocycles. The van der Waals surface area contributed by atoms with Crippen molar-refractivity contribution in [1.29, 1.82) is 0 Å². The number of ether oxygens (including phenoxy) is 2. The summed E-state index contributed by atoms with van der Waals surface area (Å²) >= 11 is 6.26. The minimum Gasteiger partial charge on any atom is -0.486 e. The van der Waals surface area contributed by atoms with Crippen LogP contribution in [0.5, 0.6) is 11.5 Å². The molecular weight excluding hydrogens is 394 g/mol. The Morgan fingerprint density at radius 1 is 1.24 bits per heavy atom. The number of carbonyl (C=O) groups excluding carboxylic acids is 1. The van der Waals surface area contributed by atoms with Gasteiger partial charge in [0, 0.05) is 12.7 Å². The second kappa shape index (κ2) is 8.16. The molecule has 1 unspecified atom stereocenters. The van der Waals surface area contributed by atoms with Gasteiger partial charge in [0.05, 0.1) is 11.1 Å². The highest BCUT2D eigenvalue weighted by atomic mass is 35.5. The summed E-state index contributed by atoms with van der Waals surface area (Å²) in [5, 5.41) is 14.8. The molecule has 8 nitrogen and oxygen atoms in total. The van der Waals surface area contributed by atoms with Crippen LogP contribution in [0, 0.1) is 5.92 Å². The maximum atomic E-state index is 12.6. The average molecular weight is 416 g/mol. The van der Waals surface area contributed by atoms with Gasteiger partial charge >= 0.3 is 6.03 Å². The van der Waals surface area contributed by atoms with E-state index in [1.165, 1.54) is 0 Å². The van der Waals surface area contributed by atoms with Crippen LogP contribution in [0.15, 0.2) is 36.5 Å². The topological polar surface area (TPSA) is 89.8 Å². The summed E-state index contributed by atoms with van der Waals surface area (Å²) in [4.78, 5) is 12.6. The number of rotatable bonds is 5. The van der Waals surface area contributed by atoms with E-state index in [4.69, 9.17) is 21.1 Å². The smallest absolute Gasteiger partial charge is 0.315 e. The van der Waals surface area contributed by atoms with E-state index in [1.807, 2.05) is 48.7 Å². The maximum absolute atomic E-state index is 12.6. The fraction of sp³-hybridized carbons (Fsp3) is 0.350. The van der Waals surface area contributed by atoms with Crippen LogP contribution in [0.1, 0.15) is 31.3 Å². The zero-order valence-corrected chi connectivity index (χ0v) is 16.9. The summed E-state index contributed by atoms with van der Waals surface area (Å²) in [6.07, 6.45) is 1.89. The number of fused-ring (bicyclic) bond motifs is 2. The second-order valence-corrected chi connectivity index (χ2v) is 7.54. The highest BCUT2D eigenvalue weighted by molar-refractivity contribution is 6.32. The van der Waals surface area contributed by atoms with Gasteiger partial charge in [0.2, 0.25) is 0 Å². The number of hydrogen-bond acceptors (Lipinski definition) is 5. The van der Waals surface area contributed by atoms with Crippen LogP contribution in [0.3, 0.4) is 0 Å². The number of carbonyl (C=O) groups is 1. The third-order valence-corrected chi connectivity index (χ3v) is 4.96. The third kappa shape index (κ3) is 4.07. The molecule has 0 radical (unpaired) electrons. The number of aromatic nitrogens is 3. The molecule has 3 heterocycles. The molecule has 2 aromatic heterocycles. The fourth-order valence-corrected chi connectivity index (χ4v) is 3.53. The Morgan fingerprint density at radius 3 is 2.90 bits per heavy atom. The van der Waals surface area contributed by atoms with Crippen LogP contribution in [-0.4, -0.2) is 33.8 Å². The predicted molar refractivity (Wildman–Crippen MR) is 108 cm³/mol. The number of halogens is 1. The Labute approximate surface area is 173 Å². The zero-order chi connectivity index (χ0) is 20.4. The van der Waals surface area contributed by atoms with E-state index in [0.717, 1.165) is 11.2 Å². The van der Waals surface area contributed by atoms with E-state index in [-0.39, 0.29) is 18.0 Å². The van der Waals surface area contributed by atoms with Crippen molar-refractivity contribution >= 4 is 23.3 Å². The van der Waals surface area contributed by atoms with Gasteiger partial charge in [0.1, 0.15) is 13.2 Å². The molecule has 2 N–H and O–H groups in total. The molecule has 0 bridgehead atoms. The van der Waals surface area contributed by atoms with Crippen molar-refractivity contribution in [3.63, 3.8) is 0 Å². The summed E-state index contributed by atoms with van der Waals surface area (Å²) in [6.45, 7) is 5.29. The van der Waals surface area contributed by atoms with Gasteiger partial charge in [-0.1, -0.05) is 31.5 Å². The standard InChI is InChI=1S/C20H22ClN5O3/c1-12(2)17(19-25-24-16-5-3-4-6-26(16)19)23-20(27)22-11-13-9-14(21)18-15(10-13)28-7-8-29-18/h3-6,9-10,12,17H,7-8,11H2,1-2H3,(H2,22,23,27). The van der Waals surface area contributed by atoms with Crippen molar-refractivity contribution in [2.24, 2.45) is 5.92 Å². The lowest BCUT2D eigenvalue weighted by Crippen LogP contribution is -2.40. The Morgan fingerprint density at radius 2 is 2.07 bits per heavy atom. The van der Waals surface area contributed by atoms with Crippen molar-refractivity contribution in [3.05, 3.63) is 52.9 Å². The van der Waals surface area contributed by atoms with Crippen LogP contribution < -0.4 is 20.1 Å². The molecule has 1 aliphatic rings. The molecule has 9 heteroatoms. The number of benzene rings is 1. The molecule has 4 rings (SSSR count). The van der Waals surface area contributed by atoms with E-state index >= 15 is 0 Å². The van der Waals surface area contributed by atoms with Crippen molar-refractivity contribution in [1.82, 2.24) is 25.2 Å². The average Bonchev–Trinajstić information content (AvgIpc) is 3.14. The van der Waals surface area contributed by atoms with Crippen LogP contribution >= 0.6 is 11.6 Å². The quantitative estimate of drug-likeness (QED) is 0.667. The SMILES string of the molecule is CC(C)C(NC(=O)NCc1cc(Cl)c2c(c1)OCCO2)c1nnc2ccccn12. The molecular formula is C20H22ClN5O3. The minimum absolute atomic E-state index is 0.122. The second-order valence-electron chi connectivity index (χ2n) is 7.14. The number of nitrogens with zero attached hydrogens (tertiary/aromatic N) is 3. The first kappa shape index (κ1) is 19.3. The fourth-order valence-electron chi connectivity index (χ4n) is 3.24. The predicted octanol–water partition coefficient (Wildman–Crippen LogP) is 3.35. The number of hydrogen-bond donors (Lipinski definition) is 2. The summed E-state index contributed by atoms with van der Waals surface area (Å²) in [6, 6.07) is 8.67. The molecule has 0 spiro atoms. The molecule has 1 aliphatic heterocycles. The summed E-state index contributed by atoms with van der Waals surface area (Å²) in [5.41, 5.74) is 1.56. The van der Waals surface area contributed by atoms with E-state index in [9.17, 15) is 4.79 Å². The highest BCUT2D eigenvalue weighted by Crippen LogP contribution is 2.38. The molecule has 0 saturated carbocycles. The van der Waals surface area contributed by atoms with Crippen LogP contribution in [0.4, 0.5) is 4.79 Å². The third-order valence-electron chi connectivity index (χ3n) is 4.68. The van der Waals surface area contributed by atoms with E-state index in [1.54, 1.807) is 6.07 Å². The Kier molecular flexibility index (Phi) is 5.44. The lowest BCUT2D eigenvalue weighted by Gasteiger charge is -2.22. The molecule has 2 amide bonds. The Hall–Kier alpha value is -3.00. The first-order chi connectivity index (χ1) is 14.0. The molecule has 1 atom stereocenters. The lowest BCUT2D eigenvalue weighted by molar-refractivity contribution is 0.171. The largest absolute Gasteiger partial charge is 0.486 e. The summed E-state index contributed by atoms with van der Waals surface area (Å²) in [5.74, 6) is 1.95. The van der Waals surface area contributed by atoms with Gasteiger partial charge in [-0.25, -0.2) is 4.79 Å². The Bertz CT molecular complexity index is 1040. The van der Waals surface area contributed by atoms with Crippen LogP contribution in [0.2, 0.25) is 5.02 Å². The van der Waals surface area contributed by atoms with E-state index < -0.39 is 0 Å². The van der Waals surface area contributed by atoms with Crippen LogP contribution in [-0.2, 0) is 6.54 Å². The van der Waals surface area contributed by atoms with E-state index in [0.29, 0.717) is 42.1 Å². The highest BCUT2D eigenvalue weighted by Gasteiger charge is 2.24. The molecule has 1 aromatic carbocycles. The summed E-state index contributed by atoms with van der Waals surface area (Å²) < 4.78 is 13.0. The molecule has 152 valence electrons. The minimum atomic E-state index is -0.303. The summed E-state index contributed by atoms with van der Waals surface area (Å²) in [7, 11) is 0. The zero-order valence-electron chi connectivity index (χ0n) is 16.2. The van der Waals surface area contributed by atoms with Crippen molar-refractivity contribution in [2.75, 3.05) is 13.2 Å². The Balaban J connectivity index is 1.45. The van der Waals surface area contributed by atoms with Gasteiger partial charge in [-0.05, 0) is 35.7 Å². The lowest BCUT2D eigenvalue weighted by atomic mass is 10.0. The maximum Gasteiger partial charge on any atom is 0.315 e. The van der Waals surface area contributed by atoms with Gasteiger partial charge in [0.15, 0.2) is 23.0 Å². The van der Waals surface area contributed by atoms with Gasteiger partial charge in [-0.15, -0.1) is 10.2 Å². The van der Waals surface area contributed by atoms with Crippen molar-refractivity contribution < 1.29 is 14.3 Å². The van der Waals surface area contributed by atoms with Crippen LogP contribution in [0.25, 0.3) is 5.65 Å². The number of pyridine rings is 1. The van der Waals surface area contributed by atoms with Gasteiger partial charge in [-0.3, -0.25) is 4.40 Å². The molecule has 3 aromatic rings. The van der Waals surface area contributed by atoms with Gasteiger partial charge in [-0.2, -0.15) is 0 Å². The van der Waals surface area contributed by atoms with Gasteiger partial charge in [0.25, 0.3) is 0 Å². The molecule has 0 fully saturated rings. The first-order valence-electron chi connectivity index (χ1n) is 9.45. The van der Waals surface area contributed by atoms with E-state index in [2.05, 4.69) is 20.8 Å². The van der Waals surface area contributed by atoms with Crippen molar-refractivity contribution in [2.45, 2.75) is 26.4 Å². The van der Waals surface area contributed by atoms with Crippen molar-refractivity contribution in [3.8, 4) is 11.5 Å². The first-order valence-corrected chi connectivity index (χ1v) is 9.83. The number of amides is 2. The normalized spacial score (nSPS) is 14.1. The van der Waals surface area contributed by atoms with Gasteiger partial charge < -0.3 is 20.1 Å². The number of nitrogens with one attached hydrogen (secondary N) is 2. The molecule has 29 heavy (non-hydrogen) atoms. The number of urea groups is 1.